The number of likely N-dealkylation sites (N-methyl/N-ethyl adjacent to an activating group) is 1. The largest absolute Gasteiger partial charge is 0.395 e. The minimum Gasteiger partial charge on any atom is -0.395 e. The van der Waals surface area contributed by atoms with Gasteiger partial charge in [0.1, 0.15) is 4.88 Å². The van der Waals surface area contributed by atoms with E-state index in [9.17, 15) is 4.79 Å². The molecule has 114 valence electrons. The van der Waals surface area contributed by atoms with E-state index in [1.807, 2.05) is 18.5 Å². The Morgan fingerprint density at radius 3 is 3.14 bits per heavy atom. The molecule has 1 aliphatic heterocycles. The smallest absolute Gasteiger partial charge is 0.265 e. The monoisotopic (exact) mass is 307 g/mol. The molecule has 0 aliphatic carbocycles. The van der Waals surface area contributed by atoms with Crippen LogP contribution in [0.5, 0.6) is 0 Å². The van der Waals surface area contributed by atoms with Crippen molar-refractivity contribution in [3.8, 4) is 11.8 Å². The van der Waals surface area contributed by atoms with Crippen LogP contribution in [0.1, 0.15) is 40.9 Å². The number of nitrogens with zero attached hydrogens (tertiary/aromatic N) is 1. The Hall–Kier alpha value is -1.35. The van der Waals surface area contributed by atoms with Crippen LogP contribution in [0.4, 0.5) is 0 Å². The highest BCUT2D eigenvalue weighted by Crippen LogP contribution is 2.19. The molecule has 1 unspecified atom stereocenters. The first kappa shape index (κ1) is 16.0. The number of ether oxygens (including phenoxy) is 1. The number of rotatable bonds is 4. The van der Waals surface area contributed by atoms with Crippen molar-refractivity contribution >= 4 is 17.2 Å². The molecule has 1 aliphatic rings. The van der Waals surface area contributed by atoms with Crippen molar-refractivity contribution in [3.63, 3.8) is 0 Å². The highest BCUT2D eigenvalue weighted by atomic mass is 32.1. The van der Waals surface area contributed by atoms with Gasteiger partial charge in [-0.15, -0.1) is 11.3 Å². The summed E-state index contributed by atoms with van der Waals surface area (Å²) >= 11 is 1.41. The van der Waals surface area contributed by atoms with Crippen LogP contribution in [0.3, 0.4) is 0 Å². The number of hydrogen-bond acceptors (Lipinski definition) is 4. The fourth-order valence-electron chi connectivity index (χ4n) is 2.30. The molecule has 0 saturated carbocycles. The average molecular weight is 307 g/mol. The van der Waals surface area contributed by atoms with E-state index in [4.69, 9.17) is 9.84 Å². The van der Waals surface area contributed by atoms with E-state index in [0.29, 0.717) is 17.8 Å². The van der Waals surface area contributed by atoms with E-state index in [1.54, 1.807) is 4.90 Å². The lowest BCUT2D eigenvalue weighted by Gasteiger charge is -2.27. The molecule has 1 N–H and O–H groups in total. The van der Waals surface area contributed by atoms with Crippen LogP contribution < -0.4 is 0 Å². The van der Waals surface area contributed by atoms with Gasteiger partial charge in [0.2, 0.25) is 0 Å². The minimum atomic E-state index is -0.00697. The topological polar surface area (TPSA) is 49.8 Å². The number of amides is 1. The zero-order valence-corrected chi connectivity index (χ0v) is 13.1. The predicted molar refractivity (Wildman–Crippen MR) is 83.5 cm³/mol. The SMILES string of the molecule is CN(CC1CCCCO1)C(=O)c1sccc1C#CCCO. The Bertz CT molecular complexity index is 523. The Morgan fingerprint density at radius 1 is 1.57 bits per heavy atom. The summed E-state index contributed by atoms with van der Waals surface area (Å²) in [6, 6.07) is 1.85. The molecular formula is C16H21NO3S. The molecule has 1 atom stereocenters. The van der Waals surface area contributed by atoms with Gasteiger partial charge in [-0.2, -0.15) is 0 Å². The Kier molecular flexibility index (Phi) is 6.24. The molecule has 0 spiro atoms. The normalized spacial score (nSPS) is 17.9. The van der Waals surface area contributed by atoms with E-state index < -0.39 is 0 Å². The van der Waals surface area contributed by atoms with Crippen molar-refractivity contribution < 1.29 is 14.6 Å². The second-order valence-corrected chi connectivity index (χ2v) is 6.03. The summed E-state index contributed by atoms with van der Waals surface area (Å²) in [7, 11) is 1.81. The van der Waals surface area contributed by atoms with Gasteiger partial charge < -0.3 is 14.7 Å². The van der Waals surface area contributed by atoms with Gasteiger partial charge in [-0.1, -0.05) is 11.8 Å². The van der Waals surface area contributed by atoms with Crippen LogP contribution in [0, 0.1) is 11.8 Å². The second kappa shape index (κ2) is 8.18. The molecule has 1 amide bonds. The first-order valence-electron chi connectivity index (χ1n) is 7.26. The fraction of sp³-hybridized carbons (Fsp3) is 0.562. The third-order valence-corrected chi connectivity index (χ3v) is 4.32. The van der Waals surface area contributed by atoms with Crippen LogP contribution >= 0.6 is 11.3 Å². The van der Waals surface area contributed by atoms with Crippen molar-refractivity contribution in [2.24, 2.45) is 0 Å². The van der Waals surface area contributed by atoms with Crippen molar-refractivity contribution in [2.75, 3.05) is 26.8 Å². The summed E-state index contributed by atoms with van der Waals surface area (Å²) in [6.45, 7) is 1.46. The van der Waals surface area contributed by atoms with E-state index in [-0.39, 0.29) is 18.6 Å². The molecule has 1 aromatic rings. The molecule has 4 nitrogen and oxygen atoms in total. The lowest BCUT2D eigenvalue weighted by atomic mass is 10.1. The summed E-state index contributed by atoms with van der Waals surface area (Å²) in [5.74, 6) is 5.81. The molecule has 1 saturated heterocycles. The summed E-state index contributed by atoms with van der Waals surface area (Å²) in [5, 5.41) is 10.6. The van der Waals surface area contributed by atoms with Crippen molar-refractivity contribution in [1.29, 1.82) is 0 Å². The highest BCUT2D eigenvalue weighted by Gasteiger charge is 2.21. The quantitative estimate of drug-likeness (QED) is 0.867. The summed E-state index contributed by atoms with van der Waals surface area (Å²) in [6.07, 6.45) is 3.88. The average Bonchev–Trinajstić information content (AvgIpc) is 2.96. The first-order chi connectivity index (χ1) is 10.2. The number of carbonyl (C=O) groups excluding carboxylic acids is 1. The number of thiophene rings is 1. The zero-order valence-electron chi connectivity index (χ0n) is 12.3. The molecule has 0 radical (unpaired) electrons. The maximum Gasteiger partial charge on any atom is 0.265 e. The molecular weight excluding hydrogens is 286 g/mol. The van der Waals surface area contributed by atoms with Crippen molar-refractivity contribution in [3.05, 3.63) is 21.9 Å². The Labute approximate surface area is 129 Å². The van der Waals surface area contributed by atoms with Gasteiger partial charge in [-0.3, -0.25) is 4.79 Å². The second-order valence-electron chi connectivity index (χ2n) is 5.11. The van der Waals surface area contributed by atoms with E-state index in [2.05, 4.69) is 11.8 Å². The molecule has 5 heteroatoms. The van der Waals surface area contributed by atoms with Gasteiger partial charge in [-0.05, 0) is 30.7 Å². The molecule has 21 heavy (non-hydrogen) atoms. The molecule has 0 bridgehead atoms. The molecule has 0 aromatic carbocycles. The van der Waals surface area contributed by atoms with Crippen molar-refractivity contribution in [1.82, 2.24) is 4.90 Å². The van der Waals surface area contributed by atoms with Gasteiger partial charge in [0, 0.05) is 32.2 Å². The summed E-state index contributed by atoms with van der Waals surface area (Å²) in [5.41, 5.74) is 0.745. The van der Waals surface area contributed by atoms with Gasteiger partial charge in [-0.25, -0.2) is 0 Å². The van der Waals surface area contributed by atoms with Crippen LogP contribution in [0.15, 0.2) is 11.4 Å². The summed E-state index contributed by atoms with van der Waals surface area (Å²) in [4.78, 5) is 14.9. The lowest BCUT2D eigenvalue weighted by Crippen LogP contribution is -2.37. The van der Waals surface area contributed by atoms with Crippen LogP contribution in [0.25, 0.3) is 0 Å². The van der Waals surface area contributed by atoms with Crippen LogP contribution in [0.2, 0.25) is 0 Å². The molecule has 1 aromatic heterocycles. The number of carbonyl (C=O) groups is 1. The minimum absolute atomic E-state index is 0.00697. The van der Waals surface area contributed by atoms with E-state index >= 15 is 0 Å². The molecule has 2 rings (SSSR count). The highest BCUT2D eigenvalue weighted by molar-refractivity contribution is 7.12. The Morgan fingerprint density at radius 2 is 2.43 bits per heavy atom. The van der Waals surface area contributed by atoms with E-state index in [0.717, 1.165) is 25.0 Å². The number of aliphatic hydroxyl groups is 1. The number of hydrogen-bond donors (Lipinski definition) is 1. The third-order valence-electron chi connectivity index (χ3n) is 3.42. The zero-order chi connectivity index (χ0) is 15.1. The van der Waals surface area contributed by atoms with Gasteiger partial charge >= 0.3 is 0 Å². The molecule has 1 fully saturated rings. The first-order valence-corrected chi connectivity index (χ1v) is 8.14. The predicted octanol–water partition coefficient (Wildman–Crippen LogP) is 2.12. The maximum atomic E-state index is 12.5. The number of aliphatic hydroxyl groups excluding tert-OH is 1. The third kappa shape index (κ3) is 4.57. The van der Waals surface area contributed by atoms with Crippen molar-refractivity contribution in [2.45, 2.75) is 31.8 Å². The van der Waals surface area contributed by atoms with Gasteiger partial charge in [0.15, 0.2) is 0 Å². The van der Waals surface area contributed by atoms with Gasteiger partial charge in [0.25, 0.3) is 5.91 Å². The van der Waals surface area contributed by atoms with Crippen LogP contribution in [-0.4, -0.2) is 48.8 Å². The fourth-order valence-corrected chi connectivity index (χ4v) is 3.14. The molecule has 2 heterocycles. The maximum absolute atomic E-state index is 12.5. The van der Waals surface area contributed by atoms with Gasteiger partial charge in [0.05, 0.1) is 12.7 Å². The summed E-state index contributed by atoms with van der Waals surface area (Å²) < 4.78 is 5.68. The lowest BCUT2D eigenvalue weighted by molar-refractivity contribution is -0.000105. The standard InChI is InChI=1S/C16H21NO3S/c1-17(12-14-7-3-5-10-20-14)16(19)15-13(8-11-21-15)6-2-4-9-18/h8,11,14,18H,3-5,7,9-10,12H2,1H3. The van der Waals surface area contributed by atoms with E-state index in [1.165, 1.54) is 17.8 Å². The van der Waals surface area contributed by atoms with Crippen LogP contribution in [-0.2, 0) is 4.74 Å². The Balaban J connectivity index is 1.99.